The zero-order valence-corrected chi connectivity index (χ0v) is 9.33. The first-order valence-electron chi connectivity index (χ1n) is 5.25. The van der Waals surface area contributed by atoms with E-state index in [0.717, 1.165) is 0 Å². The third-order valence-electron chi connectivity index (χ3n) is 2.28. The summed E-state index contributed by atoms with van der Waals surface area (Å²) in [5, 5.41) is 9.00. The Balaban J connectivity index is 2.01. The zero-order valence-electron chi connectivity index (χ0n) is 9.33. The third kappa shape index (κ3) is 2.79. The van der Waals surface area contributed by atoms with Crippen molar-refractivity contribution in [2.24, 2.45) is 0 Å². The van der Waals surface area contributed by atoms with E-state index < -0.39 is 18.0 Å². The number of aliphatic carboxylic acids is 1. The van der Waals surface area contributed by atoms with Gasteiger partial charge in [-0.15, -0.1) is 0 Å². The van der Waals surface area contributed by atoms with E-state index in [9.17, 15) is 9.59 Å². The SMILES string of the molecule is O=C(Cc1ccco1)OC(C(=O)O)c1ccc[nH]1. The van der Waals surface area contributed by atoms with Crippen molar-refractivity contribution in [2.45, 2.75) is 12.5 Å². The maximum absolute atomic E-state index is 11.6. The summed E-state index contributed by atoms with van der Waals surface area (Å²) in [7, 11) is 0. The van der Waals surface area contributed by atoms with Gasteiger partial charge >= 0.3 is 11.9 Å². The quantitative estimate of drug-likeness (QED) is 0.783. The van der Waals surface area contributed by atoms with Gasteiger partial charge in [0.15, 0.2) is 0 Å². The molecule has 2 N–H and O–H groups in total. The number of ether oxygens (including phenoxy) is 1. The third-order valence-corrected chi connectivity index (χ3v) is 2.28. The Morgan fingerprint density at radius 1 is 1.39 bits per heavy atom. The topological polar surface area (TPSA) is 92.5 Å². The summed E-state index contributed by atoms with van der Waals surface area (Å²) in [6.45, 7) is 0. The van der Waals surface area contributed by atoms with Crippen LogP contribution in [0.15, 0.2) is 41.1 Å². The van der Waals surface area contributed by atoms with Crippen molar-refractivity contribution in [3.63, 3.8) is 0 Å². The van der Waals surface area contributed by atoms with Crippen LogP contribution in [0.1, 0.15) is 17.6 Å². The number of H-pyrrole nitrogens is 1. The molecule has 18 heavy (non-hydrogen) atoms. The molecule has 0 aromatic carbocycles. The first kappa shape index (κ1) is 12.0. The van der Waals surface area contributed by atoms with Gasteiger partial charge in [0.25, 0.3) is 0 Å². The molecular weight excluding hydrogens is 238 g/mol. The molecule has 0 bridgehead atoms. The molecule has 2 rings (SSSR count). The van der Waals surface area contributed by atoms with Gasteiger partial charge in [0.1, 0.15) is 12.2 Å². The van der Waals surface area contributed by atoms with Crippen LogP contribution in [-0.4, -0.2) is 22.0 Å². The number of hydrogen-bond acceptors (Lipinski definition) is 4. The summed E-state index contributed by atoms with van der Waals surface area (Å²) < 4.78 is 9.88. The van der Waals surface area contributed by atoms with Gasteiger partial charge in [-0.2, -0.15) is 0 Å². The van der Waals surface area contributed by atoms with E-state index in [2.05, 4.69) is 4.98 Å². The smallest absolute Gasteiger partial charge is 0.351 e. The number of carboxylic acid groups (broad SMARTS) is 1. The van der Waals surface area contributed by atoms with Crippen molar-refractivity contribution in [1.29, 1.82) is 0 Å². The number of carbonyl (C=O) groups is 2. The highest BCUT2D eigenvalue weighted by molar-refractivity contribution is 5.79. The Labute approximate surface area is 102 Å². The summed E-state index contributed by atoms with van der Waals surface area (Å²) >= 11 is 0. The number of carbonyl (C=O) groups excluding carboxylic acids is 1. The molecule has 0 fully saturated rings. The highest BCUT2D eigenvalue weighted by Gasteiger charge is 2.25. The van der Waals surface area contributed by atoms with E-state index in [4.69, 9.17) is 14.3 Å². The lowest BCUT2D eigenvalue weighted by Crippen LogP contribution is -2.20. The average Bonchev–Trinajstić information content (AvgIpc) is 2.97. The number of aromatic amines is 1. The van der Waals surface area contributed by atoms with Crippen LogP contribution in [0.25, 0.3) is 0 Å². The minimum atomic E-state index is -1.33. The van der Waals surface area contributed by atoms with Crippen LogP contribution in [0.3, 0.4) is 0 Å². The molecule has 0 aliphatic carbocycles. The second-order valence-electron chi connectivity index (χ2n) is 3.59. The lowest BCUT2D eigenvalue weighted by molar-refractivity contribution is -0.164. The Morgan fingerprint density at radius 2 is 2.22 bits per heavy atom. The first-order valence-corrected chi connectivity index (χ1v) is 5.25. The summed E-state index contributed by atoms with van der Waals surface area (Å²) in [6, 6.07) is 6.43. The molecule has 0 spiro atoms. The zero-order chi connectivity index (χ0) is 13.0. The summed E-state index contributed by atoms with van der Waals surface area (Å²) in [4.78, 5) is 25.3. The lowest BCUT2D eigenvalue weighted by atomic mass is 10.2. The van der Waals surface area contributed by atoms with E-state index in [0.29, 0.717) is 11.5 Å². The molecule has 0 amide bonds. The predicted octanol–water partition coefficient (Wildman–Crippen LogP) is 1.52. The number of nitrogens with one attached hydrogen (secondary N) is 1. The van der Waals surface area contributed by atoms with Crippen LogP contribution < -0.4 is 0 Å². The van der Waals surface area contributed by atoms with Gasteiger partial charge in [-0.25, -0.2) is 4.79 Å². The fraction of sp³-hybridized carbons (Fsp3) is 0.167. The number of carboxylic acids is 1. The second-order valence-corrected chi connectivity index (χ2v) is 3.59. The minimum absolute atomic E-state index is 0.0997. The molecule has 1 unspecified atom stereocenters. The molecule has 6 heteroatoms. The van der Waals surface area contributed by atoms with Crippen molar-refractivity contribution in [2.75, 3.05) is 0 Å². The Bertz CT molecular complexity index is 515. The van der Waals surface area contributed by atoms with Crippen molar-refractivity contribution in [3.05, 3.63) is 48.2 Å². The highest BCUT2D eigenvalue weighted by Crippen LogP contribution is 2.16. The van der Waals surface area contributed by atoms with Crippen LogP contribution >= 0.6 is 0 Å². The number of hydrogen-bond donors (Lipinski definition) is 2. The van der Waals surface area contributed by atoms with Crippen LogP contribution in [0.2, 0.25) is 0 Å². The van der Waals surface area contributed by atoms with Crippen molar-refractivity contribution < 1.29 is 23.8 Å². The number of furan rings is 1. The van der Waals surface area contributed by atoms with Gasteiger partial charge in [0, 0.05) is 6.20 Å². The Hall–Kier alpha value is -2.50. The Kier molecular flexibility index (Phi) is 3.47. The fourth-order valence-electron chi connectivity index (χ4n) is 1.48. The molecule has 1 atom stereocenters. The maximum Gasteiger partial charge on any atom is 0.351 e. The lowest BCUT2D eigenvalue weighted by Gasteiger charge is -2.11. The highest BCUT2D eigenvalue weighted by atomic mass is 16.6. The number of rotatable bonds is 5. The summed E-state index contributed by atoms with van der Waals surface area (Å²) in [6.07, 6.45) is 1.56. The molecule has 0 aliphatic heterocycles. The van der Waals surface area contributed by atoms with Crippen molar-refractivity contribution >= 4 is 11.9 Å². The first-order chi connectivity index (χ1) is 8.66. The molecule has 6 nitrogen and oxygen atoms in total. The molecular formula is C12H11NO5. The molecule has 94 valence electrons. The van der Waals surface area contributed by atoms with Crippen LogP contribution in [0, 0.1) is 0 Å². The standard InChI is InChI=1S/C12H11NO5/c14-10(7-8-3-2-6-17-8)18-11(12(15)16)9-4-1-5-13-9/h1-6,11,13H,7H2,(H,15,16). The molecule has 2 aromatic heterocycles. The van der Waals surface area contributed by atoms with Gasteiger partial charge < -0.3 is 19.2 Å². The molecule has 2 heterocycles. The van der Waals surface area contributed by atoms with Crippen LogP contribution in [-0.2, 0) is 20.7 Å². The van der Waals surface area contributed by atoms with Gasteiger partial charge in [0.05, 0.1) is 12.0 Å². The van der Waals surface area contributed by atoms with Gasteiger partial charge in [-0.3, -0.25) is 4.79 Å². The normalized spacial score (nSPS) is 12.0. The average molecular weight is 249 g/mol. The largest absolute Gasteiger partial charge is 0.478 e. The van der Waals surface area contributed by atoms with Crippen LogP contribution in [0.4, 0.5) is 0 Å². The number of aromatic nitrogens is 1. The van der Waals surface area contributed by atoms with Gasteiger partial charge in [-0.05, 0) is 24.3 Å². The maximum atomic E-state index is 11.6. The Morgan fingerprint density at radius 3 is 2.78 bits per heavy atom. The second kappa shape index (κ2) is 5.22. The predicted molar refractivity (Wildman–Crippen MR) is 59.7 cm³/mol. The molecule has 0 saturated carbocycles. The minimum Gasteiger partial charge on any atom is -0.478 e. The summed E-state index contributed by atoms with van der Waals surface area (Å²) in [5.41, 5.74) is 0.315. The van der Waals surface area contributed by atoms with E-state index in [1.807, 2.05) is 0 Å². The monoisotopic (exact) mass is 249 g/mol. The molecule has 0 radical (unpaired) electrons. The van der Waals surface area contributed by atoms with Gasteiger partial charge in [0.2, 0.25) is 6.10 Å². The van der Waals surface area contributed by atoms with E-state index in [-0.39, 0.29) is 6.42 Å². The number of esters is 1. The van der Waals surface area contributed by atoms with Crippen molar-refractivity contribution in [3.8, 4) is 0 Å². The van der Waals surface area contributed by atoms with E-state index in [1.165, 1.54) is 6.26 Å². The van der Waals surface area contributed by atoms with E-state index >= 15 is 0 Å². The van der Waals surface area contributed by atoms with E-state index in [1.54, 1.807) is 30.5 Å². The summed E-state index contributed by atoms with van der Waals surface area (Å²) in [5.74, 6) is -1.46. The fourth-order valence-corrected chi connectivity index (χ4v) is 1.48. The van der Waals surface area contributed by atoms with Gasteiger partial charge in [-0.1, -0.05) is 0 Å². The molecule has 0 saturated heterocycles. The van der Waals surface area contributed by atoms with Crippen molar-refractivity contribution in [1.82, 2.24) is 4.98 Å². The van der Waals surface area contributed by atoms with Crippen LogP contribution in [0.5, 0.6) is 0 Å². The molecule has 2 aromatic rings. The molecule has 0 aliphatic rings.